The maximum absolute atomic E-state index is 12.6. The smallest absolute Gasteiger partial charge is 0.407 e. The van der Waals surface area contributed by atoms with Crippen LogP contribution in [0.4, 0.5) is 4.79 Å². The van der Waals surface area contributed by atoms with Gasteiger partial charge in [0.2, 0.25) is 0 Å². The number of carboxylic acid groups (broad SMARTS) is 1. The van der Waals surface area contributed by atoms with Gasteiger partial charge in [0.05, 0.1) is 0 Å². The van der Waals surface area contributed by atoms with E-state index in [1.54, 1.807) is 6.07 Å². The summed E-state index contributed by atoms with van der Waals surface area (Å²) in [6, 6.07) is 5.07. The summed E-state index contributed by atoms with van der Waals surface area (Å²) in [5.74, 6) is 0.336. The number of fused-ring (bicyclic) bond motifs is 1. The van der Waals surface area contributed by atoms with Crippen LogP contribution >= 0.6 is 15.9 Å². The normalized spacial score (nSPS) is 21.7. The number of halogens is 1. The van der Waals surface area contributed by atoms with Crippen LogP contribution in [0.3, 0.4) is 0 Å². The number of nitrogens with zero attached hydrogens (tertiary/aromatic N) is 1. The third kappa shape index (κ3) is 3.05. The van der Waals surface area contributed by atoms with Crippen LogP contribution in [-0.2, 0) is 6.42 Å². The predicted molar refractivity (Wildman–Crippen MR) is 87.3 cm³/mol. The van der Waals surface area contributed by atoms with Gasteiger partial charge < -0.3 is 5.11 Å². The van der Waals surface area contributed by atoms with Crippen molar-refractivity contribution in [1.29, 1.82) is 0 Å². The maximum Gasteiger partial charge on any atom is 0.407 e. The second kappa shape index (κ2) is 6.41. The Kier molecular flexibility index (Phi) is 4.52. The Morgan fingerprint density at radius 1 is 1.27 bits per heavy atom. The maximum atomic E-state index is 12.6. The molecule has 0 heterocycles. The zero-order valence-corrected chi connectivity index (χ0v) is 14.0. The first-order valence-electron chi connectivity index (χ1n) is 7.88. The van der Waals surface area contributed by atoms with E-state index in [9.17, 15) is 14.7 Å². The third-order valence-corrected chi connectivity index (χ3v) is 5.35. The van der Waals surface area contributed by atoms with Gasteiger partial charge in [-0.1, -0.05) is 41.3 Å². The average molecular weight is 366 g/mol. The average Bonchev–Trinajstić information content (AvgIpc) is 2.82. The van der Waals surface area contributed by atoms with Crippen LogP contribution < -0.4 is 0 Å². The number of carbonyl (C=O) groups excluding carboxylic acids is 1. The number of amides is 1. The Morgan fingerprint density at radius 2 is 2.00 bits per heavy atom. The van der Waals surface area contributed by atoms with Crippen molar-refractivity contribution in [3.05, 3.63) is 33.8 Å². The summed E-state index contributed by atoms with van der Waals surface area (Å²) in [7, 11) is 0. The molecule has 1 atom stereocenters. The molecule has 0 spiro atoms. The lowest BCUT2D eigenvalue weighted by molar-refractivity contribution is 0.0763. The molecule has 1 aromatic carbocycles. The first-order chi connectivity index (χ1) is 10.6. The molecule has 1 N–H and O–H groups in total. The van der Waals surface area contributed by atoms with Crippen LogP contribution in [0.25, 0.3) is 0 Å². The molecule has 0 aromatic heterocycles. The zero-order valence-electron chi connectivity index (χ0n) is 12.4. The molecule has 0 saturated heterocycles. The molecule has 1 aromatic rings. The highest BCUT2D eigenvalue weighted by atomic mass is 79.9. The fourth-order valence-corrected chi connectivity index (χ4v) is 4.04. The van der Waals surface area contributed by atoms with Gasteiger partial charge in [-0.15, -0.1) is 0 Å². The Balaban J connectivity index is 1.78. The van der Waals surface area contributed by atoms with Crippen LogP contribution in [0.15, 0.2) is 22.7 Å². The van der Waals surface area contributed by atoms with Gasteiger partial charge in [0.15, 0.2) is 5.78 Å². The molecule has 4 nitrogen and oxygen atoms in total. The summed E-state index contributed by atoms with van der Waals surface area (Å²) >= 11 is 3.38. The minimum atomic E-state index is -0.976. The van der Waals surface area contributed by atoms with E-state index in [1.165, 1.54) is 24.2 Å². The van der Waals surface area contributed by atoms with Crippen molar-refractivity contribution in [2.75, 3.05) is 6.54 Å². The van der Waals surface area contributed by atoms with Gasteiger partial charge in [-0.2, -0.15) is 0 Å². The van der Waals surface area contributed by atoms with E-state index in [0.717, 1.165) is 22.9 Å². The number of Topliss-reactive ketones (excluding diaryl/α,β-unsaturated/α-hetero) is 1. The van der Waals surface area contributed by atoms with Crippen LogP contribution in [0.2, 0.25) is 0 Å². The lowest BCUT2D eigenvalue weighted by Gasteiger charge is -2.31. The first-order valence-corrected chi connectivity index (χ1v) is 8.68. The molecule has 5 heteroatoms. The minimum absolute atomic E-state index is 0.0606. The Hall–Kier alpha value is -1.36. The lowest BCUT2D eigenvalue weighted by Crippen LogP contribution is -2.45. The number of rotatable bonds is 3. The van der Waals surface area contributed by atoms with Gasteiger partial charge >= 0.3 is 6.09 Å². The number of ketones is 1. The summed E-state index contributed by atoms with van der Waals surface area (Å²) in [4.78, 5) is 25.7. The fourth-order valence-electron chi connectivity index (χ4n) is 3.67. The second-order valence-electron chi connectivity index (χ2n) is 6.32. The van der Waals surface area contributed by atoms with Crippen LogP contribution in [-0.4, -0.2) is 34.5 Å². The van der Waals surface area contributed by atoms with E-state index in [1.807, 2.05) is 12.1 Å². The highest BCUT2D eigenvalue weighted by Crippen LogP contribution is 2.31. The van der Waals surface area contributed by atoms with E-state index in [0.29, 0.717) is 24.4 Å². The molecule has 118 valence electrons. The van der Waals surface area contributed by atoms with Gasteiger partial charge in [-0.3, -0.25) is 9.69 Å². The van der Waals surface area contributed by atoms with E-state index in [4.69, 9.17) is 0 Å². The third-order valence-electron chi connectivity index (χ3n) is 4.85. The molecule has 22 heavy (non-hydrogen) atoms. The Bertz CT molecular complexity index is 596. The fraction of sp³-hybridized carbons (Fsp3) is 0.529. The van der Waals surface area contributed by atoms with E-state index in [2.05, 4.69) is 15.9 Å². The quantitative estimate of drug-likeness (QED) is 0.876. The Morgan fingerprint density at radius 3 is 2.68 bits per heavy atom. The van der Waals surface area contributed by atoms with Gasteiger partial charge in [-0.25, -0.2) is 4.79 Å². The molecule has 0 aliphatic heterocycles. The van der Waals surface area contributed by atoms with Gasteiger partial charge in [0.25, 0.3) is 0 Å². The lowest BCUT2D eigenvalue weighted by atomic mass is 9.88. The van der Waals surface area contributed by atoms with Crippen molar-refractivity contribution < 1.29 is 14.7 Å². The van der Waals surface area contributed by atoms with E-state index in [-0.39, 0.29) is 5.78 Å². The summed E-state index contributed by atoms with van der Waals surface area (Å²) in [6.07, 6.45) is 5.25. The van der Waals surface area contributed by atoms with Crippen LogP contribution in [0.1, 0.15) is 48.0 Å². The Labute approximate surface area is 138 Å². The molecule has 0 bridgehead atoms. The second-order valence-corrected chi connectivity index (χ2v) is 7.24. The SMILES string of the molecule is O=C1c2cc(Br)ccc2CC1N(CC1CCCCC1)C(=O)O. The minimum Gasteiger partial charge on any atom is -0.465 e. The standard InChI is InChI=1S/C17H20BrNO3/c18-13-7-6-12-8-15(16(20)14(12)9-13)19(17(21)22)10-11-4-2-1-3-5-11/h6-7,9,11,15H,1-5,8,10H2,(H,21,22). The summed E-state index contributed by atoms with van der Waals surface area (Å²) in [5.41, 5.74) is 1.61. The highest BCUT2D eigenvalue weighted by molar-refractivity contribution is 9.10. The van der Waals surface area contributed by atoms with Crippen molar-refractivity contribution in [2.45, 2.75) is 44.6 Å². The number of hydrogen-bond acceptors (Lipinski definition) is 2. The van der Waals surface area contributed by atoms with E-state index < -0.39 is 12.1 Å². The zero-order chi connectivity index (χ0) is 15.7. The van der Waals surface area contributed by atoms with Crippen molar-refractivity contribution in [3.63, 3.8) is 0 Å². The molecule has 2 aliphatic carbocycles. The summed E-state index contributed by atoms with van der Waals surface area (Å²) in [5, 5.41) is 9.58. The number of benzene rings is 1. The molecule has 1 saturated carbocycles. The number of carbonyl (C=O) groups is 2. The highest BCUT2D eigenvalue weighted by Gasteiger charge is 2.38. The van der Waals surface area contributed by atoms with Crippen molar-refractivity contribution in [2.24, 2.45) is 5.92 Å². The van der Waals surface area contributed by atoms with Crippen LogP contribution in [0.5, 0.6) is 0 Å². The molecule has 1 amide bonds. The molecule has 2 aliphatic rings. The summed E-state index contributed by atoms with van der Waals surface area (Å²) in [6.45, 7) is 0.487. The molecule has 1 fully saturated rings. The summed E-state index contributed by atoms with van der Waals surface area (Å²) < 4.78 is 0.856. The largest absolute Gasteiger partial charge is 0.465 e. The molecule has 0 radical (unpaired) electrons. The molecule has 3 rings (SSSR count). The van der Waals surface area contributed by atoms with Gasteiger partial charge in [0.1, 0.15) is 6.04 Å². The number of hydrogen-bond donors (Lipinski definition) is 1. The van der Waals surface area contributed by atoms with Gasteiger partial charge in [0, 0.05) is 23.0 Å². The molecule has 1 unspecified atom stereocenters. The monoisotopic (exact) mass is 365 g/mol. The van der Waals surface area contributed by atoms with E-state index >= 15 is 0 Å². The predicted octanol–water partition coefficient (Wildman–Crippen LogP) is 4.12. The van der Waals surface area contributed by atoms with Gasteiger partial charge in [-0.05, 0) is 36.5 Å². The molecular weight excluding hydrogens is 346 g/mol. The topological polar surface area (TPSA) is 57.6 Å². The van der Waals surface area contributed by atoms with Crippen molar-refractivity contribution >= 4 is 27.8 Å². The van der Waals surface area contributed by atoms with Crippen LogP contribution in [0, 0.1) is 5.92 Å². The first kappa shape index (κ1) is 15.5. The van der Waals surface area contributed by atoms with Crippen molar-refractivity contribution in [1.82, 2.24) is 4.90 Å². The molecular formula is C17H20BrNO3. The van der Waals surface area contributed by atoms with Crippen molar-refractivity contribution in [3.8, 4) is 0 Å².